The second kappa shape index (κ2) is 8.97. The number of halogens is 1. The highest BCUT2D eigenvalue weighted by atomic mass is 19.1. The van der Waals surface area contributed by atoms with E-state index in [0.29, 0.717) is 5.69 Å². The van der Waals surface area contributed by atoms with Gasteiger partial charge in [0.1, 0.15) is 11.9 Å². The van der Waals surface area contributed by atoms with Crippen molar-refractivity contribution in [2.24, 2.45) is 13.0 Å². The number of carbonyl (C=O) groups is 2. The Morgan fingerprint density at radius 2 is 1.96 bits per heavy atom. The summed E-state index contributed by atoms with van der Waals surface area (Å²) in [6.45, 7) is 0. The van der Waals surface area contributed by atoms with Crippen molar-refractivity contribution in [1.82, 2.24) is 15.1 Å². The minimum Gasteiger partial charge on any atom is -0.324 e. The quantitative estimate of drug-likeness (QED) is 0.711. The highest BCUT2D eigenvalue weighted by Gasteiger charge is 2.23. The molecule has 0 aliphatic heterocycles. The molecular weight excluding hydrogens is 361 g/mol. The van der Waals surface area contributed by atoms with Gasteiger partial charge in [0.05, 0.1) is 11.9 Å². The average Bonchev–Trinajstić information content (AvgIpc) is 3.11. The minimum atomic E-state index is -0.598. The molecule has 1 aliphatic rings. The second-order valence-electron chi connectivity index (χ2n) is 7.18. The molecule has 7 nitrogen and oxygen atoms in total. The van der Waals surface area contributed by atoms with Crippen LogP contribution in [0.1, 0.15) is 43.7 Å². The van der Waals surface area contributed by atoms with Crippen LogP contribution >= 0.6 is 0 Å². The predicted octanol–water partition coefficient (Wildman–Crippen LogP) is 2.98. The molecule has 0 saturated heterocycles. The van der Waals surface area contributed by atoms with Gasteiger partial charge in [0.25, 0.3) is 0 Å². The number of rotatable bonds is 6. The second-order valence-corrected chi connectivity index (χ2v) is 7.18. The van der Waals surface area contributed by atoms with Crippen molar-refractivity contribution in [2.75, 3.05) is 17.7 Å². The van der Waals surface area contributed by atoms with Crippen LogP contribution in [-0.2, 0) is 16.6 Å². The monoisotopic (exact) mass is 387 g/mol. The van der Waals surface area contributed by atoms with Gasteiger partial charge in [-0.3, -0.25) is 14.3 Å². The van der Waals surface area contributed by atoms with E-state index < -0.39 is 11.9 Å². The molecule has 3 rings (SSSR count). The zero-order valence-corrected chi connectivity index (χ0v) is 16.2. The van der Waals surface area contributed by atoms with Gasteiger partial charge in [-0.2, -0.15) is 5.10 Å². The molecule has 1 aromatic carbocycles. The van der Waals surface area contributed by atoms with Crippen molar-refractivity contribution >= 4 is 23.2 Å². The van der Waals surface area contributed by atoms with E-state index in [-0.39, 0.29) is 23.4 Å². The maximum Gasteiger partial charge on any atom is 0.246 e. The fourth-order valence-corrected chi connectivity index (χ4v) is 3.55. The molecule has 0 radical (unpaired) electrons. The summed E-state index contributed by atoms with van der Waals surface area (Å²) in [6.07, 6.45) is 8.22. The molecule has 2 aromatic rings. The Balaban J connectivity index is 1.69. The van der Waals surface area contributed by atoms with Crippen LogP contribution in [0.15, 0.2) is 30.6 Å². The predicted molar refractivity (Wildman–Crippen MR) is 105 cm³/mol. The number of hydrogen-bond acceptors (Lipinski definition) is 4. The van der Waals surface area contributed by atoms with Crippen LogP contribution in [0.2, 0.25) is 0 Å². The zero-order chi connectivity index (χ0) is 20.1. The van der Waals surface area contributed by atoms with E-state index >= 15 is 0 Å². The van der Waals surface area contributed by atoms with E-state index in [1.165, 1.54) is 18.2 Å². The van der Waals surface area contributed by atoms with E-state index in [9.17, 15) is 14.0 Å². The number of hydrogen-bond donors (Lipinski definition) is 3. The summed E-state index contributed by atoms with van der Waals surface area (Å²) in [4.78, 5) is 25.0. The number of nitrogens with one attached hydrogen (secondary N) is 3. The molecule has 1 saturated carbocycles. The highest BCUT2D eigenvalue weighted by molar-refractivity contribution is 5.97. The van der Waals surface area contributed by atoms with Crippen LogP contribution < -0.4 is 16.0 Å². The maximum atomic E-state index is 14.2. The standard InChI is InChI=1S/C20H26FN5O2/c1-22-18(14-11-23-26(2)12-14)20(28)24-15-8-9-16(21)17(10-15)25-19(27)13-6-4-3-5-7-13/h8-13,18,22H,3-7H2,1-2H3,(H,24,28)(H,25,27). The molecular formula is C20H26FN5O2. The van der Waals surface area contributed by atoms with Crippen LogP contribution in [0.5, 0.6) is 0 Å². The number of aryl methyl sites for hydroxylation is 1. The number of amides is 2. The first-order valence-corrected chi connectivity index (χ1v) is 9.55. The van der Waals surface area contributed by atoms with Gasteiger partial charge in [-0.1, -0.05) is 19.3 Å². The topological polar surface area (TPSA) is 88.1 Å². The first-order chi connectivity index (χ1) is 13.5. The van der Waals surface area contributed by atoms with Crippen molar-refractivity contribution < 1.29 is 14.0 Å². The van der Waals surface area contributed by atoms with Crippen molar-refractivity contribution in [2.45, 2.75) is 38.1 Å². The average molecular weight is 387 g/mol. The van der Waals surface area contributed by atoms with Crippen molar-refractivity contribution in [3.05, 3.63) is 42.0 Å². The van der Waals surface area contributed by atoms with Gasteiger partial charge in [-0.05, 0) is 38.1 Å². The summed E-state index contributed by atoms with van der Waals surface area (Å²) in [5, 5.41) is 12.5. The lowest BCUT2D eigenvalue weighted by molar-refractivity contribution is -0.120. The summed E-state index contributed by atoms with van der Waals surface area (Å²) < 4.78 is 15.8. The fraction of sp³-hybridized carbons (Fsp3) is 0.450. The van der Waals surface area contributed by atoms with Crippen LogP contribution in [0.25, 0.3) is 0 Å². The van der Waals surface area contributed by atoms with Crippen LogP contribution in [0, 0.1) is 11.7 Å². The summed E-state index contributed by atoms with van der Waals surface area (Å²) in [5.41, 5.74) is 1.21. The Kier molecular flexibility index (Phi) is 6.41. The first-order valence-electron chi connectivity index (χ1n) is 9.55. The Morgan fingerprint density at radius 1 is 1.21 bits per heavy atom. The Bertz CT molecular complexity index is 845. The largest absolute Gasteiger partial charge is 0.324 e. The Morgan fingerprint density at radius 3 is 2.61 bits per heavy atom. The molecule has 0 bridgehead atoms. The molecule has 3 N–H and O–H groups in total. The number of anilines is 2. The van der Waals surface area contributed by atoms with Gasteiger partial charge in [0, 0.05) is 30.4 Å². The molecule has 1 aromatic heterocycles. The highest BCUT2D eigenvalue weighted by Crippen LogP contribution is 2.27. The Hall–Kier alpha value is -2.74. The van der Waals surface area contributed by atoms with Crippen LogP contribution in [0.4, 0.5) is 15.8 Å². The Labute approximate surface area is 163 Å². The van der Waals surface area contributed by atoms with Gasteiger partial charge in [0.2, 0.25) is 11.8 Å². The van der Waals surface area contributed by atoms with E-state index in [2.05, 4.69) is 21.0 Å². The lowest BCUT2D eigenvalue weighted by atomic mass is 9.88. The molecule has 1 aliphatic carbocycles. The van der Waals surface area contributed by atoms with Crippen molar-refractivity contribution in [3.8, 4) is 0 Å². The molecule has 1 fully saturated rings. The van der Waals surface area contributed by atoms with Crippen LogP contribution in [-0.4, -0.2) is 28.6 Å². The maximum absolute atomic E-state index is 14.2. The fourth-order valence-electron chi connectivity index (χ4n) is 3.55. The molecule has 1 heterocycles. The van der Waals surface area contributed by atoms with E-state index in [0.717, 1.165) is 37.7 Å². The third-order valence-electron chi connectivity index (χ3n) is 5.08. The molecule has 28 heavy (non-hydrogen) atoms. The van der Waals surface area contributed by atoms with Gasteiger partial charge in [-0.15, -0.1) is 0 Å². The normalized spacial score (nSPS) is 15.8. The molecule has 1 atom stereocenters. The van der Waals surface area contributed by atoms with Gasteiger partial charge < -0.3 is 16.0 Å². The van der Waals surface area contributed by atoms with E-state index in [1.54, 1.807) is 31.2 Å². The molecule has 2 amide bonds. The van der Waals surface area contributed by atoms with Gasteiger partial charge in [-0.25, -0.2) is 4.39 Å². The number of likely N-dealkylation sites (N-methyl/N-ethyl adjacent to an activating group) is 1. The number of benzene rings is 1. The minimum absolute atomic E-state index is 0.0781. The van der Waals surface area contributed by atoms with Gasteiger partial charge >= 0.3 is 0 Å². The molecule has 1 unspecified atom stereocenters. The molecule has 150 valence electrons. The third-order valence-corrected chi connectivity index (χ3v) is 5.08. The van der Waals surface area contributed by atoms with Crippen LogP contribution in [0.3, 0.4) is 0 Å². The number of nitrogens with zero attached hydrogens (tertiary/aromatic N) is 2. The summed E-state index contributed by atoms with van der Waals surface area (Å²) in [5.74, 6) is -1.07. The van der Waals surface area contributed by atoms with Gasteiger partial charge in [0.15, 0.2) is 0 Å². The van der Waals surface area contributed by atoms with Crippen molar-refractivity contribution in [3.63, 3.8) is 0 Å². The third kappa shape index (κ3) is 4.75. The smallest absolute Gasteiger partial charge is 0.246 e. The molecule has 8 heteroatoms. The first kappa shape index (κ1) is 20.0. The lowest BCUT2D eigenvalue weighted by Gasteiger charge is -2.21. The number of aromatic nitrogens is 2. The molecule has 0 spiro atoms. The summed E-state index contributed by atoms with van der Waals surface area (Å²) in [7, 11) is 3.45. The van der Waals surface area contributed by atoms with E-state index in [4.69, 9.17) is 0 Å². The zero-order valence-electron chi connectivity index (χ0n) is 16.2. The number of carbonyl (C=O) groups excluding carboxylic acids is 2. The van der Waals surface area contributed by atoms with Crippen molar-refractivity contribution in [1.29, 1.82) is 0 Å². The lowest BCUT2D eigenvalue weighted by Crippen LogP contribution is -2.30. The summed E-state index contributed by atoms with van der Waals surface area (Å²) in [6, 6.07) is 3.56. The van der Waals surface area contributed by atoms with E-state index in [1.807, 2.05) is 0 Å². The SMILES string of the molecule is CNC(C(=O)Nc1ccc(F)c(NC(=O)C2CCCCC2)c1)c1cnn(C)c1. The summed E-state index contributed by atoms with van der Waals surface area (Å²) >= 11 is 0.